The highest BCUT2D eigenvalue weighted by Crippen LogP contribution is 2.24. The second-order valence-electron chi connectivity index (χ2n) is 5.01. The molecule has 0 bridgehead atoms. The zero-order valence-electron chi connectivity index (χ0n) is 10.9. The lowest BCUT2D eigenvalue weighted by Crippen LogP contribution is -2.28. The van der Waals surface area contributed by atoms with Gasteiger partial charge in [0, 0.05) is 10.7 Å². The zero-order chi connectivity index (χ0) is 13.8. The van der Waals surface area contributed by atoms with E-state index in [0.29, 0.717) is 12.1 Å². The van der Waals surface area contributed by atoms with Crippen LogP contribution in [-0.4, -0.2) is 16.6 Å². The van der Waals surface area contributed by atoms with E-state index in [-0.39, 0.29) is 5.97 Å². The number of halogens is 1. The number of hydrogen-bond acceptors (Lipinski definition) is 3. The quantitative estimate of drug-likeness (QED) is 0.626. The lowest BCUT2D eigenvalue weighted by atomic mass is 10.0. The third kappa shape index (κ3) is 4.61. The first kappa shape index (κ1) is 14.9. The Balaban J connectivity index is 2.95. The van der Waals surface area contributed by atoms with Crippen LogP contribution in [0.1, 0.15) is 38.8 Å². The van der Waals surface area contributed by atoms with Gasteiger partial charge in [0.25, 0.3) is 0 Å². The molecule has 0 aliphatic rings. The van der Waals surface area contributed by atoms with Gasteiger partial charge in [0.2, 0.25) is 0 Å². The number of hydrogen-bond donors (Lipinski definition) is 0. The summed E-state index contributed by atoms with van der Waals surface area (Å²) in [5.74, 6) is -0.674. The average Bonchev–Trinajstić information content (AvgIpc) is 2.23. The summed E-state index contributed by atoms with van der Waals surface area (Å²) in [6.45, 7) is 9.23. The maximum atomic E-state index is 12.1. The van der Waals surface area contributed by atoms with Crippen LogP contribution in [-0.2, 0) is 9.53 Å². The first-order valence-electron chi connectivity index (χ1n) is 5.78. The van der Waals surface area contributed by atoms with Crippen molar-refractivity contribution in [2.24, 2.45) is 0 Å². The number of pyridine rings is 1. The summed E-state index contributed by atoms with van der Waals surface area (Å²) in [5, 5.41) is 0. The smallest absolute Gasteiger partial charge is 0.315 e. The van der Waals surface area contributed by atoms with Gasteiger partial charge >= 0.3 is 5.97 Å². The monoisotopic (exact) mass is 311 g/mol. The van der Waals surface area contributed by atoms with E-state index in [1.54, 1.807) is 12.3 Å². The van der Waals surface area contributed by atoms with Crippen LogP contribution in [0, 0.1) is 0 Å². The molecule has 0 N–H and O–H groups in total. The molecule has 1 rings (SSSR count). The van der Waals surface area contributed by atoms with Crippen LogP contribution in [0.5, 0.6) is 0 Å². The maximum absolute atomic E-state index is 12.1. The van der Waals surface area contributed by atoms with E-state index in [9.17, 15) is 4.79 Å². The number of esters is 1. The van der Waals surface area contributed by atoms with Gasteiger partial charge in [-0.15, -0.1) is 6.58 Å². The molecular formula is C14H18BrNO2. The van der Waals surface area contributed by atoms with Crippen LogP contribution < -0.4 is 0 Å². The van der Waals surface area contributed by atoms with E-state index in [1.807, 2.05) is 32.9 Å². The van der Waals surface area contributed by atoms with E-state index in [4.69, 9.17) is 4.74 Å². The normalized spacial score (nSPS) is 12.9. The molecule has 0 saturated heterocycles. The first-order valence-corrected chi connectivity index (χ1v) is 6.58. The standard InChI is InChI=1S/C14H18BrNO2/c1-5-6-11(13(17)18-14(2,3)4)12-9-10(15)7-8-16-12/h5,7-9,11H,1,6H2,2-4H3. The third-order valence-electron chi connectivity index (χ3n) is 2.19. The van der Waals surface area contributed by atoms with Crippen molar-refractivity contribution in [3.8, 4) is 0 Å². The Morgan fingerprint density at radius 2 is 2.28 bits per heavy atom. The number of allylic oxidation sites excluding steroid dienone is 1. The summed E-state index contributed by atoms with van der Waals surface area (Å²) in [4.78, 5) is 16.4. The van der Waals surface area contributed by atoms with Crippen molar-refractivity contribution in [2.45, 2.75) is 38.7 Å². The minimum absolute atomic E-state index is 0.270. The minimum Gasteiger partial charge on any atom is -0.459 e. The molecular weight excluding hydrogens is 294 g/mol. The van der Waals surface area contributed by atoms with Crippen molar-refractivity contribution in [3.63, 3.8) is 0 Å². The summed E-state index contributed by atoms with van der Waals surface area (Å²) in [6.07, 6.45) is 3.88. The van der Waals surface area contributed by atoms with Crippen molar-refractivity contribution in [1.29, 1.82) is 0 Å². The molecule has 0 spiro atoms. The van der Waals surface area contributed by atoms with Gasteiger partial charge in [-0.3, -0.25) is 9.78 Å². The molecule has 1 atom stereocenters. The van der Waals surface area contributed by atoms with E-state index >= 15 is 0 Å². The molecule has 0 aliphatic heterocycles. The number of ether oxygens (including phenoxy) is 1. The van der Waals surface area contributed by atoms with Gasteiger partial charge in [-0.2, -0.15) is 0 Å². The Labute approximate surface area is 116 Å². The fourth-order valence-electron chi connectivity index (χ4n) is 1.49. The molecule has 0 saturated carbocycles. The van der Waals surface area contributed by atoms with Crippen LogP contribution in [0.25, 0.3) is 0 Å². The molecule has 3 nitrogen and oxygen atoms in total. The summed E-state index contributed by atoms with van der Waals surface area (Å²) in [5.41, 5.74) is 0.196. The molecule has 4 heteroatoms. The van der Waals surface area contributed by atoms with Gasteiger partial charge in [0.1, 0.15) is 11.5 Å². The summed E-state index contributed by atoms with van der Waals surface area (Å²) in [6, 6.07) is 3.65. The van der Waals surface area contributed by atoms with E-state index in [0.717, 1.165) is 4.47 Å². The molecule has 0 fully saturated rings. The van der Waals surface area contributed by atoms with Crippen LogP contribution in [0.15, 0.2) is 35.5 Å². The highest BCUT2D eigenvalue weighted by molar-refractivity contribution is 9.10. The number of carbonyl (C=O) groups excluding carboxylic acids is 1. The molecule has 0 aromatic carbocycles. The summed E-state index contributed by atoms with van der Waals surface area (Å²) in [7, 11) is 0. The van der Waals surface area contributed by atoms with Gasteiger partial charge in [0.15, 0.2) is 0 Å². The van der Waals surface area contributed by atoms with Gasteiger partial charge < -0.3 is 4.74 Å². The minimum atomic E-state index is -0.498. The maximum Gasteiger partial charge on any atom is 0.315 e. The second-order valence-corrected chi connectivity index (χ2v) is 5.93. The highest BCUT2D eigenvalue weighted by atomic mass is 79.9. The topological polar surface area (TPSA) is 39.2 Å². The molecule has 0 aliphatic carbocycles. The van der Waals surface area contributed by atoms with Gasteiger partial charge in [-0.05, 0) is 39.3 Å². The number of nitrogens with zero attached hydrogens (tertiary/aromatic N) is 1. The zero-order valence-corrected chi connectivity index (χ0v) is 12.5. The molecule has 1 aromatic rings. The van der Waals surface area contributed by atoms with Crippen molar-refractivity contribution < 1.29 is 9.53 Å². The molecule has 1 aromatic heterocycles. The second kappa shape index (κ2) is 6.14. The van der Waals surface area contributed by atoms with Crippen molar-refractivity contribution >= 4 is 21.9 Å². The Kier molecular flexibility index (Phi) is 5.08. The average molecular weight is 312 g/mol. The van der Waals surface area contributed by atoms with Crippen LogP contribution in [0.3, 0.4) is 0 Å². The number of rotatable bonds is 4. The predicted octanol–water partition coefficient (Wildman–Crippen LogP) is 3.85. The van der Waals surface area contributed by atoms with Crippen molar-refractivity contribution in [1.82, 2.24) is 4.98 Å². The predicted molar refractivity (Wildman–Crippen MR) is 75.3 cm³/mol. The Hall–Kier alpha value is -1.16. The Morgan fingerprint density at radius 3 is 2.78 bits per heavy atom. The van der Waals surface area contributed by atoms with Crippen molar-refractivity contribution in [2.75, 3.05) is 0 Å². The van der Waals surface area contributed by atoms with E-state index < -0.39 is 11.5 Å². The van der Waals surface area contributed by atoms with Crippen molar-refractivity contribution in [3.05, 3.63) is 41.2 Å². The number of carbonyl (C=O) groups is 1. The van der Waals surface area contributed by atoms with Gasteiger partial charge in [-0.25, -0.2) is 0 Å². The number of aromatic nitrogens is 1. The third-order valence-corrected chi connectivity index (χ3v) is 2.69. The Bertz CT molecular complexity index is 438. The fourth-order valence-corrected chi connectivity index (χ4v) is 1.84. The summed E-state index contributed by atoms with van der Waals surface area (Å²) >= 11 is 3.37. The van der Waals surface area contributed by atoms with E-state index in [2.05, 4.69) is 27.5 Å². The molecule has 1 unspecified atom stereocenters. The van der Waals surface area contributed by atoms with E-state index in [1.165, 1.54) is 0 Å². The molecule has 0 amide bonds. The molecule has 1 heterocycles. The molecule has 98 valence electrons. The first-order chi connectivity index (χ1) is 8.33. The molecule has 18 heavy (non-hydrogen) atoms. The highest BCUT2D eigenvalue weighted by Gasteiger charge is 2.26. The van der Waals surface area contributed by atoms with Crippen LogP contribution in [0.4, 0.5) is 0 Å². The largest absolute Gasteiger partial charge is 0.459 e. The van der Waals surface area contributed by atoms with Crippen LogP contribution >= 0.6 is 15.9 Å². The SMILES string of the molecule is C=CCC(C(=O)OC(C)(C)C)c1cc(Br)ccn1. The van der Waals surface area contributed by atoms with Gasteiger partial charge in [0.05, 0.1) is 5.69 Å². The molecule has 0 radical (unpaired) electrons. The lowest BCUT2D eigenvalue weighted by molar-refractivity contribution is -0.156. The lowest BCUT2D eigenvalue weighted by Gasteiger charge is -2.23. The summed E-state index contributed by atoms with van der Waals surface area (Å²) < 4.78 is 6.30. The van der Waals surface area contributed by atoms with Crippen LogP contribution in [0.2, 0.25) is 0 Å². The fraction of sp³-hybridized carbons (Fsp3) is 0.429. The Morgan fingerprint density at radius 1 is 1.61 bits per heavy atom. The van der Waals surface area contributed by atoms with Gasteiger partial charge in [-0.1, -0.05) is 22.0 Å².